The normalized spacial score (nSPS) is 11.2. The van der Waals surface area contributed by atoms with Crippen LogP contribution in [-0.4, -0.2) is 45.9 Å². The van der Waals surface area contributed by atoms with Gasteiger partial charge in [0.05, 0.1) is 27.2 Å². The predicted molar refractivity (Wildman–Crippen MR) is 106 cm³/mol. The fourth-order valence-corrected chi connectivity index (χ4v) is 3.02. The lowest BCUT2D eigenvalue weighted by molar-refractivity contribution is 0.242. The highest BCUT2D eigenvalue weighted by Crippen LogP contribution is 2.38. The second kappa shape index (κ2) is 7.13. The van der Waals surface area contributed by atoms with E-state index < -0.39 is 0 Å². The molecule has 26 heavy (non-hydrogen) atoms. The number of nitrogens with zero attached hydrogens (tertiary/aromatic N) is 3. The number of benzene rings is 1. The van der Waals surface area contributed by atoms with Crippen molar-refractivity contribution in [2.75, 3.05) is 14.1 Å². The van der Waals surface area contributed by atoms with E-state index in [4.69, 9.17) is 33.3 Å². The van der Waals surface area contributed by atoms with Crippen LogP contribution in [0.2, 0.25) is 10.0 Å². The van der Waals surface area contributed by atoms with E-state index in [2.05, 4.69) is 15.0 Å². The molecule has 1 aromatic carbocycles. The number of amidine groups is 1. The number of hydrogen-bond acceptors (Lipinski definition) is 4. The SMILES string of the molecule is CC(C)Oc1cc(-c2nc(C(=N)N(C)C)nc3cc[nH]c23)c(Cl)cc1Cl. The minimum Gasteiger partial charge on any atom is -0.489 e. The Kier molecular flexibility index (Phi) is 5.07. The number of rotatable bonds is 4. The molecule has 6 nitrogen and oxygen atoms in total. The zero-order valence-electron chi connectivity index (χ0n) is 14.9. The molecule has 0 aliphatic rings. The maximum Gasteiger partial charge on any atom is 0.196 e. The molecule has 136 valence electrons. The van der Waals surface area contributed by atoms with E-state index >= 15 is 0 Å². The molecule has 0 spiro atoms. The third-order valence-electron chi connectivity index (χ3n) is 3.70. The van der Waals surface area contributed by atoms with Gasteiger partial charge >= 0.3 is 0 Å². The van der Waals surface area contributed by atoms with E-state index in [0.717, 1.165) is 5.52 Å². The molecule has 0 radical (unpaired) electrons. The molecule has 8 heteroatoms. The first-order valence-corrected chi connectivity index (χ1v) is 8.81. The number of ether oxygens (including phenoxy) is 1. The third kappa shape index (κ3) is 3.48. The van der Waals surface area contributed by atoms with Crippen LogP contribution >= 0.6 is 23.2 Å². The van der Waals surface area contributed by atoms with Crippen molar-refractivity contribution in [2.24, 2.45) is 0 Å². The maximum atomic E-state index is 8.21. The van der Waals surface area contributed by atoms with E-state index in [1.165, 1.54) is 0 Å². The standard InChI is InChI=1S/C18H19Cl2N5O/c1-9(2)26-14-7-10(11(19)8-12(14)20)15-16-13(5-6-22-16)23-18(24-15)17(21)25(3)4/h5-9,21-22H,1-4H3. The minimum atomic E-state index is -0.0325. The molecule has 3 aromatic rings. The summed E-state index contributed by atoms with van der Waals surface area (Å²) in [7, 11) is 3.55. The van der Waals surface area contributed by atoms with Gasteiger partial charge < -0.3 is 14.6 Å². The second-order valence-electron chi connectivity index (χ2n) is 6.31. The van der Waals surface area contributed by atoms with E-state index in [1.807, 2.05) is 19.9 Å². The molecule has 0 amide bonds. The molecule has 0 fully saturated rings. The quantitative estimate of drug-likeness (QED) is 0.502. The summed E-state index contributed by atoms with van der Waals surface area (Å²) in [4.78, 5) is 13.8. The summed E-state index contributed by atoms with van der Waals surface area (Å²) in [5.41, 5.74) is 2.69. The molecule has 2 heterocycles. The number of hydrogen-bond donors (Lipinski definition) is 2. The third-order valence-corrected chi connectivity index (χ3v) is 4.31. The van der Waals surface area contributed by atoms with Crippen molar-refractivity contribution in [3.8, 4) is 17.0 Å². The smallest absolute Gasteiger partial charge is 0.196 e. The van der Waals surface area contributed by atoms with Crippen LogP contribution in [0.4, 0.5) is 0 Å². The van der Waals surface area contributed by atoms with Gasteiger partial charge in [0.25, 0.3) is 0 Å². The Morgan fingerprint density at radius 2 is 1.92 bits per heavy atom. The fraction of sp³-hybridized carbons (Fsp3) is 0.278. The van der Waals surface area contributed by atoms with Gasteiger partial charge in [-0.25, -0.2) is 9.97 Å². The second-order valence-corrected chi connectivity index (χ2v) is 7.12. The largest absolute Gasteiger partial charge is 0.489 e. The van der Waals surface area contributed by atoms with Crippen LogP contribution in [0, 0.1) is 5.41 Å². The number of fused-ring (bicyclic) bond motifs is 1. The van der Waals surface area contributed by atoms with Crippen molar-refractivity contribution >= 4 is 40.1 Å². The summed E-state index contributed by atoms with van der Waals surface area (Å²) < 4.78 is 5.78. The summed E-state index contributed by atoms with van der Waals surface area (Å²) in [6, 6.07) is 5.25. The Bertz CT molecular complexity index is 981. The summed E-state index contributed by atoms with van der Waals surface area (Å²) in [5.74, 6) is 1.05. The Labute approximate surface area is 161 Å². The number of aromatic amines is 1. The molecular formula is C18H19Cl2N5O. The van der Waals surface area contributed by atoms with Gasteiger partial charge in [0, 0.05) is 25.9 Å². The van der Waals surface area contributed by atoms with E-state index in [9.17, 15) is 0 Å². The van der Waals surface area contributed by atoms with Crippen LogP contribution in [0.3, 0.4) is 0 Å². The van der Waals surface area contributed by atoms with Crippen LogP contribution in [-0.2, 0) is 0 Å². The number of halogens is 2. The summed E-state index contributed by atoms with van der Waals surface area (Å²) in [6.07, 6.45) is 1.75. The van der Waals surface area contributed by atoms with Crippen LogP contribution in [0.25, 0.3) is 22.3 Å². The topological polar surface area (TPSA) is 77.9 Å². The summed E-state index contributed by atoms with van der Waals surface area (Å²) >= 11 is 12.7. The average molecular weight is 392 g/mol. The van der Waals surface area contributed by atoms with Crippen molar-refractivity contribution in [3.63, 3.8) is 0 Å². The van der Waals surface area contributed by atoms with Gasteiger partial charge in [-0.15, -0.1) is 0 Å². The first kappa shape index (κ1) is 18.5. The van der Waals surface area contributed by atoms with Crippen molar-refractivity contribution in [2.45, 2.75) is 20.0 Å². The molecule has 3 rings (SSSR count). The zero-order valence-corrected chi connectivity index (χ0v) is 16.4. The van der Waals surface area contributed by atoms with Gasteiger partial charge in [-0.1, -0.05) is 23.2 Å². The number of H-pyrrole nitrogens is 1. The fourth-order valence-electron chi connectivity index (χ4n) is 2.50. The molecular weight excluding hydrogens is 373 g/mol. The van der Waals surface area contributed by atoms with E-state index in [1.54, 1.807) is 37.3 Å². The molecule has 2 N–H and O–H groups in total. The van der Waals surface area contributed by atoms with Crippen LogP contribution < -0.4 is 4.74 Å². The highest BCUT2D eigenvalue weighted by atomic mass is 35.5. The molecule has 0 saturated carbocycles. The van der Waals surface area contributed by atoms with Gasteiger partial charge in [-0.3, -0.25) is 5.41 Å². The van der Waals surface area contributed by atoms with Gasteiger partial charge in [0.2, 0.25) is 0 Å². The Hall–Kier alpha value is -2.31. The van der Waals surface area contributed by atoms with Crippen molar-refractivity contribution in [3.05, 3.63) is 40.3 Å². The Morgan fingerprint density at radius 3 is 2.58 bits per heavy atom. The highest BCUT2D eigenvalue weighted by Gasteiger charge is 2.19. The molecule has 0 bridgehead atoms. The van der Waals surface area contributed by atoms with E-state index in [0.29, 0.717) is 38.4 Å². The van der Waals surface area contributed by atoms with Crippen LogP contribution in [0.5, 0.6) is 5.75 Å². The summed E-state index contributed by atoms with van der Waals surface area (Å²) in [5, 5.41) is 9.09. The highest BCUT2D eigenvalue weighted by molar-refractivity contribution is 6.37. The van der Waals surface area contributed by atoms with Crippen molar-refractivity contribution in [1.29, 1.82) is 5.41 Å². The molecule has 0 saturated heterocycles. The van der Waals surface area contributed by atoms with E-state index in [-0.39, 0.29) is 11.9 Å². The van der Waals surface area contributed by atoms with Crippen LogP contribution in [0.1, 0.15) is 19.7 Å². The van der Waals surface area contributed by atoms with Crippen molar-refractivity contribution in [1.82, 2.24) is 19.9 Å². The first-order chi connectivity index (χ1) is 12.3. The first-order valence-electron chi connectivity index (χ1n) is 8.05. The van der Waals surface area contributed by atoms with Crippen molar-refractivity contribution < 1.29 is 4.74 Å². The molecule has 0 aliphatic heterocycles. The zero-order chi connectivity index (χ0) is 19.0. The Morgan fingerprint density at radius 1 is 1.19 bits per heavy atom. The lowest BCUT2D eigenvalue weighted by atomic mass is 10.1. The Balaban J connectivity index is 2.24. The minimum absolute atomic E-state index is 0.0325. The molecule has 0 atom stereocenters. The predicted octanol–water partition coefficient (Wildman–Crippen LogP) is 4.61. The van der Waals surface area contributed by atoms with Gasteiger partial charge in [0.15, 0.2) is 11.7 Å². The average Bonchev–Trinajstić information content (AvgIpc) is 3.04. The van der Waals surface area contributed by atoms with Gasteiger partial charge in [-0.05, 0) is 32.0 Å². The molecule has 2 aromatic heterocycles. The number of aromatic nitrogens is 3. The number of nitrogens with one attached hydrogen (secondary N) is 2. The van der Waals surface area contributed by atoms with Gasteiger partial charge in [0.1, 0.15) is 11.4 Å². The lowest BCUT2D eigenvalue weighted by Gasteiger charge is -2.16. The monoisotopic (exact) mass is 391 g/mol. The molecule has 0 aliphatic carbocycles. The lowest BCUT2D eigenvalue weighted by Crippen LogP contribution is -2.24. The molecule has 0 unspecified atom stereocenters. The maximum absolute atomic E-state index is 8.21. The summed E-state index contributed by atoms with van der Waals surface area (Å²) in [6.45, 7) is 3.85. The van der Waals surface area contributed by atoms with Gasteiger partial charge in [-0.2, -0.15) is 0 Å². The van der Waals surface area contributed by atoms with Crippen LogP contribution in [0.15, 0.2) is 24.4 Å².